The van der Waals surface area contributed by atoms with Gasteiger partial charge in [0, 0.05) is 11.7 Å². The Morgan fingerprint density at radius 2 is 1.90 bits per heavy atom. The summed E-state index contributed by atoms with van der Waals surface area (Å²) in [6.45, 7) is 0. The standard InChI is InChI=1S/C16H17N5/c1-2-6-12(7-3-1)19-16-20-14-10-17-11-18-15(14)21(16)13-8-4-5-9-13/h1-3,6-7,10-11,13H,4-5,8-9H2,(H,19,20). The van der Waals surface area contributed by atoms with Crippen LogP contribution in [0.5, 0.6) is 0 Å². The predicted octanol–water partition coefficient (Wildman–Crippen LogP) is 3.69. The molecule has 0 unspecified atom stereocenters. The maximum Gasteiger partial charge on any atom is 0.209 e. The molecule has 0 amide bonds. The zero-order chi connectivity index (χ0) is 14.1. The van der Waals surface area contributed by atoms with E-state index in [0.29, 0.717) is 6.04 Å². The molecule has 2 aromatic heterocycles. The predicted molar refractivity (Wildman–Crippen MR) is 82.6 cm³/mol. The van der Waals surface area contributed by atoms with Crippen molar-refractivity contribution in [1.29, 1.82) is 0 Å². The van der Waals surface area contributed by atoms with E-state index in [-0.39, 0.29) is 0 Å². The van der Waals surface area contributed by atoms with Crippen molar-refractivity contribution in [1.82, 2.24) is 19.5 Å². The number of rotatable bonds is 3. The van der Waals surface area contributed by atoms with Crippen LogP contribution in [0.3, 0.4) is 0 Å². The van der Waals surface area contributed by atoms with Gasteiger partial charge >= 0.3 is 0 Å². The average Bonchev–Trinajstić information content (AvgIpc) is 3.14. The molecule has 0 atom stereocenters. The second-order valence-corrected chi connectivity index (χ2v) is 5.47. The summed E-state index contributed by atoms with van der Waals surface area (Å²) in [6.07, 6.45) is 8.32. The third-order valence-corrected chi connectivity index (χ3v) is 4.08. The molecule has 1 saturated carbocycles. The highest BCUT2D eigenvalue weighted by molar-refractivity contribution is 5.75. The van der Waals surface area contributed by atoms with Crippen molar-refractivity contribution in [2.24, 2.45) is 0 Å². The highest BCUT2D eigenvalue weighted by atomic mass is 15.3. The van der Waals surface area contributed by atoms with Crippen molar-refractivity contribution >= 4 is 22.8 Å². The van der Waals surface area contributed by atoms with Crippen molar-refractivity contribution in [2.45, 2.75) is 31.7 Å². The summed E-state index contributed by atoms with van der Waals surface area (Å²) in [6, 6.07) is 10.6. The molecule has 4 rings (SSSR count). The number of hydrogen-bond acceptors (Lipinski definition) is 4. The number of para-hydroxylation sites is 1. The van der Waals surface area contributed by atoms with E-state index in [9.17, 15) is 0 Å². The lowest BCUT2D eigenvalue weighted by Gasteiger charge is -2.16. The topological polar surface area (TPSA) is 55.6 Å². The third-order valence-electron chi connectivity index (χ3n) is 4.08. The number of anilines is 2. The van der Waals surface area contributed by atoms with Gasteiger partial charge in [-0.1, -0.05) is 31.0 Å². The largest absolute Gasteiger partial charge is 0.326 e. The molecule has 1 aromatic carbocycles. The summed E-state index contributed by atoms with van der Waals surface area (Å²) in [5, 5.41) is 3.42. The first-order chi connectivity index (χ1) is 10.4. The van der Waals surface area contributed by atoms with Crippen molar-refractivity contribution < 1.29 is 0 Å². The Kier molecular flexibility index (Phi) is 3.03. The van der Waals surface area contributed by atoms with Crippen LogP contribution in [0.2, 0.25) is 0 Å². The van der Waals surface area contributed by atoms with Crippen molar-refractivity contribution in [2.75, 3.05) is 5.32 Å². The van der Waals surface area contributed by atoms with Crippen LogP contribution in [0.4, 0.5) is 11.6 Å². The Balaban J connectivity index is 1.81. The van der Waals surface area contributed by atoms with Crippen molar-refractivity contribution in [3.05, 3.63) is 42.9 Å². The minimum Gasteiger partial charge on any atom is -0.326 e. The first-order valence-corrected chi connectivity index (χ1v) is 7.42. The number of fused-ring (bicyclic) bond motifs is 1. The molecular weight excluding hydrogens is 262 g/mol. The van der Waals surface area contributed by atoms with Gasteiger partial charge in [-0.15, -0.1) is 0 Å². The minimum absolute atomic E-state index is 0.483. The van der Waals surface area contributed by atoms with Gasteiger partial charge in [-0.3, -0.25) is 4.57 Å². The number of nitrogens with zero attached hydrogens (tertiary/aromatic N) is 4. The maximum atomic E-state index is 4.68. The Morgan fingerprint density at radius 1 is 1.10 bits per heavy atom. The van der Waals surface area contributed by atoms with E-state index in [1.807, 2.05) is 30.3 Å². The SMILES string of the molecule is c1ccc(Nc2nc3cncnc3n2C2CCCC2)cc1. The molecule has 0 saturated heterocycles. The zero-order valence-corrected chi connectivity index (χ0v) is 11.7. The lowest BCUT2D eigenvalue weighted by Crippen LogP contribution is -2.09. The summed E-state index contributed by atoms with van der Waals surface area (Å²) in [5.74, 6) is 0.864. The molecule has 21 heavy (non-hydrogen) atoms. The molecule has 106 valence electrons. The Bertz CT molecular complexity index is 744. The summed E-state index contributed by atoms with van der Waals surface area (Å²) in [7, 11) is 0. The first kappa shape index (κ1) is 12.3. The normalized spacial score (nSPS) is 15.6. The number of hydrogen-bond donors (Lipinski definition) is 1. The smallest absolute Gasteiger partial charge is 0.209 e. The van der Waals surface area contributed by atoms with Crippen LogP contribution in [0.15, 0.2) is 42.9 Å². The minimum atomic E-state index is 0.483. The monoisotopic (exact) mass is 279 g/mol. The van der Waals surface area contributed by atoms with Crippen LogP contribution < -0.4 is 5.32 Å². The summed E-state index contributed by atoms with van der Waals surface area (Å²) in [5.41, 5.74) is 2.82. The number of benzene rings is 1. The van der Waals surface area contributed by atoms with Gasteiger partial charge in [0.2, 0.25) is 5.95 Å². The lowest BCUT2D eigenvalue weighted by atomic mass is 10.2. The van der Waals surface area contributed by atoms with Crippen LogP contribution >= 0.6 is 0 Å². The summed E-state index contributed by atoms with van der Waals surface area (Å²) < 4.78 is 2.25. The van der Waals surface area contributed by atoms with Gasteiger partial charge < -0.3 is 5.32 Å². The second kappa shape index (κ2) is 5.16. The summed E-state index contributed by atoms with van der Waals surface area (Å²) >= 11 is 0. The Labute approximate surface area is 123 Å². The van der Waals surface area contributed by atoms with Crippen molar-refractivity contribution in [3.63, 3.8) is 0 Å². The maximum absolute atomic E-state index is 4.68. The molecule has 5 heteroatoms. The van der Waals surface area contributed by atoms with Crippen LogP contribution in [-0.4, -0.2) is 19.5 Å². The van der Waals surface area contributed by atoms with Gasteiger partial charge in [-0.05, 0) is 25.0 Å². The molecule has 1 aliphatic carbocycles. The lowest BCUT2D eigenvalue weighted by molar-refractivity contribution is 0.535. The highest BCUT2D eigenvalue weighted by Gasteiger charge is 2.23. The number of aromatic nitrogens is 4. The van der Waals surface area contributed by atoms with Gasteiger partial charge in [0.15, 0.2) is 5.65 Å². The van der Waals surface area contributed by atoms with Crippen LogP contribution in [0, 0.1) is 0 Å². The van der Waals surface area contributed by atoms with Gasteiger partial charge in [0.1, 0.15) is 11.8 Å². The summed E-state index contributed by atoms with van der Waals surface area (Å²) in [4.78, 5) is 13.2. The van der Waals surface area contributed by atoms with Crippen LogP contribution in [0.25, 0.3) is 11.2 Å². The average molecular weight is 279 g/mol. The van der Waals surface area contributed by atoms with E-state index in [1.54, 1.807) is 12.5 Å². The van der Waals surface area contributed by atoms with Gasteiger partial charge in [-0.25, -0.2) is 15.0 Å². The molecule has 1 fully saturated rings. The number of nitrogens with one attached hydrogen (secondary N) is 1. The van der Waals surface area contributed by atoms with E-state index in [2.05, 4.69) is 24.8 Å². The van der Waals surface area contributed by atoms with E-state index >= 15 is 0 Å². The Morgan fingerprint density at radius 3 is 2.71 bits per heavy atom. The third kappa shape index (κ3) is 2.24. The highest BCUT2D eigenvalue weighted by Crippen LogP contribution is 2.35. The van der Waals surface area contributed by atoms with Crippen LogP contribution in [-0.2, 0) is 0 Å². The molecule has 5 nitrogen and oxygen atoms in total. The molecule has 3 aromatic rings. The first-order valence-electron chi connectivity index (χ1n) is 7.42. The quantitative estimate of drug-likeness (QED) is 0.794. The fourth-order valence-corrected chi connectivity index (χ4v) is 3.10. The molecule has 1 aliphatic rings. The van der Waals surface area contributed by atoms with Crippen LogP contribution in [0.1, 0.15) is 31.7 Å². The second-order valence-electron chi connectivity index (χ2n) is 5.47. The molecule has 0 spiro atoms. The molecule has 1 N–H and O–H groups in total. The van der Waals surface area contributed by atoms with E-state index in [1.165, 1.54) is 25.7 Å². The number of imidazole rings is 1. The zero-order valence-electron chi connectivity index (χ0n) is 11.7. The molecule has 2 heterocycles. The molecule has 0 radical (unpaired) electrons. The fourth-order valence-electron chi connectivity index (χ4n) is 3.10. The van der Waals surface area contributed by atoms with Gasteiger partial charge in [-0.2, -0.15) is 0 Å². The van der Waals surface area contributed by atoms with E-state index < -0.39 is 0 Å². The van der Waals surface area contributed by atoms with Gasteiger partial charge in [0.05, 0.1) is 6.20 Å². The van der Waals surface area contributed by atoms with Crippen molar-refractivity contribution in [3.8, 4) is 0 Å². The fraction of sp³-hybridized carbons (Fsp3) is 0.312. The molecule has 0 bridgehead atoms. The Hall–Kier alpha value is -2.43. The van der Waals surface area contributed by atoms with E-state index in [4.69, 9.17) is 0 Å². The molecular formula is C16H17N5. The molecule has 0 aliphatic heterocycles. The van der Waals surface area contributed by atoms with E-state index in [0.717, 1.165) is 22.8 Å². The van der Waals surface area contributed by atoms with Gasteiger partial charge in [0.25, 0.3) is 0 Å².